The molecule has 1 aromatic heterocycles. The maximum absolute atomic E-state index is 14.8. The van der Waals surface area contributed by atoms with Gasteiger partial charge in [0.15, 0.2) is 0 Å². The SMILES string of the molecule is C=CCN(Cn1nnc2ccccc21)C(=O)C1N(CCCCCCO)C(=O)[C@@H]2[C@@H](C(=O)N(CC=C)CCC)[C@H]3CC(C)C12S3. The van der Waals surface area contributed by atoms with Gasteiger partial charge >= 0.3 is 0 Å². The average Bonchev–Trinajstić information content (AvgIpc) is 3.73. The van der Waals surface area contributed by atoms with Crippen LogP contribution < -0.4 is 0 Å². The first-order valence-corrected chi connectivity index (χ1v) is 16.9. The Morgan fingerprint density at radius 3 is 2.57 bits per heavy atom. The predicted octanol–water partition coefficient (Wildman–Crippen LogP) is 3.72. The minimum Gasteiger partial charge on any atom is -0.396 e. The molecule has 5 rings (SSSR count). The van der Waals surface area contributed by atoms with Crippen LogP contribution in [-0.2, 0) is 21.1 Å². The van der Waals surface area contributed by atoms with E-state index >= 15 is 0 Å². The van der Waals surface area contributed by atoms with Crippen LogP contribution in [0.25, 0.3) is 11.0 Å². The fourth-order valence-electron chi connectivity index (χ4n) is 7.73. The van der Waals surface area contributed by atoms with Crippen molar-refractivity contribution >= 4 is 40.5 Å². The van der Waals surface area contributed by atoms with Crippen LogP contribution in [0.15, 0.2) is 49.6 Å². The molecule has 1 spiro atoms. The maximum atomic E-state index is 14.8. The van der Waals surface area contributed by atoms with E-state index in [1.54, 1.807) is 38.4 Å². The van der Waals surface area contributed by atoms with Crippen LogP contribution >= 0.6 is 11.8 Å². The number of rotatable bonds is 16. The summed E-state index contributed by atoms with van der Waals surface area (Å²) in [6.07, 6.45) is 8.21. The average molecular weight is 623 g/mol. The van der Waals surface area contributed by atoms with Crippen molar-refractivity contribution in [1.29, 1.82) is 0 Å². The zero-order chi connectivity index (χ0) is 31.4. The van der Waals surface area contributed by atoms with Crippen LogP contribution in [0, 0.1) is 17.8 Å². The van der Waals surface area contributed by atoms with Gasteiger partial charge in [0.05, 0.1) is 22.1 Å². The second-order valence-corrected chi connectivity index (χ2v) is 13.9. The molecule has 0 aliphatic carbocycles. The number of unbranched alkanes of at least 4 members (excludes halogenated alkanes) is 3. The Morgan fingerprint density at radius 1 is 1.11 bits per heavy atom. The van der Waals surface area contributed by atoms with E-state index in [4.69, 9.17) is 0 Å². The molecule has 3 aliphatic heterocycles. The number of fused-ring (bicyclic) bond motifs is 2. The van der Waals surface area contributed by atoms with E-state index in [1.807, 2.05) is 36.1 Å². The summed E-state index contributed by atoms with van der Waals surface area (Å²) in [5.74, 6) is -1.14. The van der Waals surface area contributed by atoms with E-state index in [0.29, 0.717) is 26.1 Å². The fourth-order valence-corrected chi connectivity index (χ4v) is 10.1. The molecule has 4 heterocycles. The molecule has 2 bridgehead atoms. The number of aromatic nitrogens is 3. The van der Waals surface area contributed by atoms with Gasteiger partial charge in [0.2, 0.25) is 17.7 Å². The summed E-state index contributed by atoms with van der Waals surface area (Å²) < 4.78 is 1.02. The Balaban J connectivity index is 1.51. The summed E-state index contributed by atoms with van der Waals surface area (Å²) in [5.41, 5.74) is 1.57. The number of hydrogen-bond acceptors (Lipinski definition) is 7. The number of aliphatic hydroxyl groups excluding tert-OH is 1. The van der Waals surface area contributed by atoms with E-state index in [1.165, 1.54) is 0 Å². The topological polar surface area (TPSA) is 112 Å². The molecule has 2 aromatic rings. The number of carbonyl (C=O) groups excluding carboxylic acids is 3. The standard InChI is InChI=1S/C33H46N6O4S/c1-5-16-36(17-6-2)30(41)27-26-21-23(4)33(44-26)28(27)31(42)38(19-12-8-9-13-20-40)29(33)32(43)37(18-7-3)22-39-25-15-11-10-14-24(25)34-35-39/h5,7,10-11,14-15,23,26-29,40H,1,3,6,8-9,12-13,16-22H2,2,4H3/t23?,26-,27+,28+,29?,33?/m1/s1. The Morgan fingerprint density at radius 2 is 1.84 bits per heavy atom. The van der Waals surface area contributed by atoms with Crippen LogP contribution in [-0.4, -0.2) is 101 Å². The highest BCUT2D eigenvalue weighted by Gasteiger charge is 2.76. The lowest BCUT2D eigenvalue weighted by Crippen LogP contribution is -2.57. The quantitative estimate of drug-likeness (QED) is 0.224. The molecule has 6 atom stereocenters. The molecular formula is C33H46N6O4S. The van der Waals surface area contributed by atoms with Gasteiger partial charge in [-0.1, -0.05) is 56.2 Å². The highest BCUT2D eigenvalue weighted by atomic mass is 32.2. The van der Waals surface area contributed by atoms with Crippen molar-refractivity contribution in [2.24, 2.45) is 17.8 Å². The third kappa shape index (κ3) is 5.57. The summed E-state index contributed by atoms with van der Waals surface area (Å²) in [4.78, 5) is 48.9. The maximum Gasteiger partial charge on any atom is 0.248 e. The number of nitrogens with zero attached hydrogens (tertiary/aromatic N) is 6. The lowest BCUT2D eigenvalue weighted by Gasteiger charge is -2.41. The molecule has 238 valence electrons. The first-order valence-electron chi connectivity index (χ1n) is 16.0. The van der Waals surface area contributed by atoms with Crippen LogP contribution in [0.1, 0.15) is 52.4 Å². The summed E-state index contributed by atoms with van der Waals surface area (Å²) >= 11 is 1.71. The molecule has 3 amide bonds. The zero-order valence-electron chi connectivity index (χ0n) is 26.0. The lowest BCUT2D eigenvalue weighted by atomic mass is 9.65. The molecule has 0 saturated carbocycles. The molecule has 10 nitrogen and oxygen atoms in total. The molecule has 3 unspecified atom stereocenters. The van der Waals surface area contributed by atoms with E-state index in [0.717, 1.165) is 43.1 Å². The normalized spacial score (nSPS) is 27.1. The summed E-state index contributed by atoms with van der Waals surface area (Å²) in [6, 6.07) is 6.93. The summed E-state index contributed by atoms with van der Waals surface area (Å²) in [5, 5.41) is 17.8. The summed E-state index contributed by atoms with van der Waals surface area (Å²) in [7, 11) is 0. The van der Waals surface area contributed by atoms with Crippen molar-refractivity contribution in [3.05, 3.63) is 49.6 Å². The molecule has 0 radical (unpaired) electrons. The molecule has 3 saturated heterocycles. The number of thioether (sulfide) groups is 1. The minimum atomic E-state index is -0.700. The van der Waals surface area contributed by atoms with Gasteiger partial charge in [0, 0.05) is 38.0 Å². The van der Waals surface area contributed by atoms with E-state index in [9.17, 15) is 19.5 Å². The summed E-state index contributed by atoms with van der Waals surface area (Å²) in [6.45, 7) is 14.1. The largest absolute Gasteiger partial charge is 0.396 e. The van der Waals surface area contributed by atoms with Gasteiger partial charge in [-0.05, 0) is 43.7 Å². The van der Waals surface area contributed by atoms with Crippen molar-refractivity contribution in [3.63, 3.8) is 0 Å². The van der Waals surface area contributed by atoms with Crippen molar-refractivity contribution in [2.75, 3.05) is 32.8 Å². The molecule has 3 fully saturated rings. The van der Waals surface area contributed by atoms with Gasteiger partial charge in [-0.25, -0.2) is 4.68 Å². The predicted molar refractivity (Wildman–Crippen MR) is 172 cm³/mol. The number of likely N-dealkylation sites (tertiary alicyclic amines) is 1. The van der Waals surface area contributed by atoms with Gasteiger partial charge in [-0.2, -0.15) is 0 Å². The van der Waals surface area contributed by atoms with Crippen LogP contribution in [0.4, 0.5) is 0 Å². The fraction of sp³-hybridized carbons (Fsp3) is 0.606. The molecule has 1 N–H and O–H groups in total. The Hall–Kier alpha value is -3.18. The highest BCUT2D eigenvalue weighted by Crippen LogP contribution is 2.69. The van der Waals surface area contributed by atoms with Crippen LogP contribution in [0.3, 0.4) is 0 Å². The third-order valence-electron chi connectivity index (χ3n) is 9.61. The van der Waals surface area contributed by atoms with Gasteiger partial charge in [-0.3, -0.25) is 14.4 Å². The Kier molecular flexibility index (Phi) is 10.1. The Bertz CT molecular complexity index is 1380. The number of hydrogen-bond donors (Lipinski definition) is 1. The Labute approximate surface area is 264 Å². The van der Waals surface area contributed by atoms with E-state index in [2.05, 4.69) is 30.4 Å². The first-order chi connectivity index (χ1) is 21.3. The van der Waals surface area contributed by atoms with E-state index in [-0.39, 0.29) is 48.7 Å². The van der Waals surface area contributed by atoms with Crippen LogP contribution in [0.2, 0.25) is 0 Å². The van der Waals surface area contributed by atoms with Crippen molar-refractivity contribution < 1.29 is 19.5 Å². The van der Waals surface area contributed by atoms with Gasteiger partial charge < -0.3 is 19.8 Å². The minimum absolute atomic E-state index is 0.00408. The number of carbonyl (C=O) groups is 3. The third-order valence-corrected chi connectivity index (χ3v) is 11.7. The highest BCUT2D eigenvalue weighted by molar-refractivity contribution is 8.02. The molecule has 11 heteroatoms. The smallest absolute Gasteiger partial charge is 0.248 e. The molecule has 1 aromatic carbocycles. The number of aliphatic hydroxyl groups is 1. The second-order valence-electron chi connectivity index (χ2n) is 12.4. The lowest BCUT2D eigenvalue weighted by molar-refractivity contribution is -0.145. The van der Waals surface area contributed by atoms with E-state index < -0.39 is 22.6 Å². The second kappa shape index (κ2) is 13.9. The van der Waals surface area contributed by atoms with Crippen molar-refractivity contribution in [1.82, 2.24) is 29.7 Å². The van der Waals surface area contributed by atoms with Gasteiger partial charge in [0.25, 0.3) is 0 Å². The van der Waals surface area contributed by atoms with Crippen LogP contribution in [0.5, 0.6) is 0 Å². The first kappa shape index (κ1) is 32.2. The molecule has 3 aliphatic rings. The number of para-hydroxylation sites is 1. The zero-order valence-corrected chi connectivity index (χ0v) is 26.8. The van der Waals surface area contributed by atoms with Crippen molar-refractivity contribution in [3.8, 4) is 0 Å². The van der Waals surface area contributed by atoms with Crippen molar-refractivity contribution in [2.45, 2.75) is 75.1 Å². The van der Waals surface area contributed by atoms with Gasteiger partial charge in [0.1, 0.15) is 18.2 Å². The number of benzene rings is 1. The molecule has 44 heavy (non-hydrogen) atoms. The number of amides is 3. The van der Waals surface area contributed by atoms with Gasteiger partial charge in [-0.15, -0.1) is 30.0 Å². The monoisotopic (exact) mass is 622 g/mol. The molecular weight excluding hydrogens is 576 g/mol.